The number of guanidine groups is 1. The summed E-state index contributed by atoms with van der Waals surface area (Å²) in [5.41, 5.74) is 2.11. The zero-order chi connectivity index (χ0) is 17.7. The smallest absolute Gasteiger partial charge is 0.213 e. The molecular weight excluding hydrogens is 441 g/mol. The molecule has 142 valence electrons. The topological polar surface area (TPSA) is 71.4 Å². The van der Waals surface area contributed by atoms with Gasteiger partial charge in [0, 0.05) is 43.7 Å². The summed E-state index contributed by atoms with van der Waals surface area (Å²) in [6.45, 7) is 6.99. The lowest BCUT2D eigenvalue weighted by atomic mass is 10.3. The molecule has 0 radical (unpaired) electrons. The van der Waals surface area contributed by atoms with Crippen molar-refractivity contribution in [1.29, 1.82) is 0 Å². The molecule has 0 aliphatic heterocycles. The van der Waals surface area contributed by atoms with Crippen LogP contribution in [0.15, 0.2) is 47.7 Å². The van der Waals surface area contributed by atoms with Gasteiger partial charge in [-0.15, -0.1) is 24.0 Å². The lowest BCUT2D eigenvalue weighted by Crippen LogP contribution is -2.38. The fourth-order valence-corrected chi connectivity index (χ4v) is 2.16. The first-order valence-corrected chi connectivity index (χ1v) is 8.81. The van der Waals surface area contributed by atoms with Crippen LogP contribution in [0.2, 0.25) is 0 Å². The van der Waals surface area contributed by atoms with Crippen LogP contribution < -0.4 is 15.4 Å². The summed E-state index contributed by atoms with van der Waals surface area (Å²) in [4.78, 5) is 13.2. The highest BCUT2D eigenvalue weighted by atomic mass is 127. The molecule has 7 heteroatoms. The lowest BCUT2D eigenvalue weighted by Gasteiger charge is -2.11. The van der Waals surface area contributed by atoms with E-state index in [4.69, 9.17) is 4.74 Å². The second-order valence-corrected chi connectivity index (χ2v) is 5.55. The Labute approximate surface area is 172 Å². The predicted molar refractivity (Wildman–Crippen MR) is 116 cm³/mol. The molecule has 2 aromatic rings. The number of pyridine rings is 2. The molecule has 0 amide bonds. The molecule has 2 heterocycles. The molecule has 0 aromatic carbocycles. The second-order valence-electron chi connectivity index (χ2n) is 5.55. The summed E-state index contributed by atoms with van der Waals surface area (Å²) in [5, 5.41) is 6.58. The van der Waals surface area contributed by atoms with Crippen LogP contribution in [-0.4, -0.2) is 35.6 Å². The summed E-state index contributed by atoms with van der Waals surface area (Å²) >= 11 is 0. The molecule has 0 saturated heterocycles. The van der Waals surface area contributed by atoms with E-state index < -0.39 is 0 Å². The van der Waals surface area contributed by atoms with Gasteiger partial charge in [-0.05, 0) is 31.0 Å². The highest BCUT2D eigenvalue weighted by Crippen LogP contribution is 2.08. The van der Waals surface area contributed by atoms with E-state index in [2.05, 4.69) is 39.4 Å². The van der Waals surface area contributed by atoms with Crippen molar-refractivity contribution < 1.29 is 4.74 Å². The summed E-state index contributed by atoms with van der Waals surface area (Å²) in [6.07, 6.45) is 5.46. The van der Waals surface area contributed by atoms with E-state index in [0.717, 1.165) is 43.1 Å². The first kappa shape index (κ1) is 22.1. The van der Waals surface area contributed by atoms with Gasteiger partial charge in [-0.3, -0.25) is 4.98 Å². The van der Waals surface area contributed by atoms with Gasteiger partial charge in [-0.1, -0.05) is 19.1 Å². The Morgan fingerprint density at radius 2 is 2.00 bits per heavy atom. The van der Waals surface area contributed by atoms with Crippen LogP contribution in [0.1, 0.15) is 31.5 Å². The Morgan fingerprint density at radius 3 is 2.65 bits per heavy atom. The van der Waals surface area contributed by atoms with Crippen LogP contribution in [0.5, 0.6) is 5.88 Å². The van der Waals surface area contributed by atoms with Gasteiger partial charge in [0.25, 0.3) is 0 Å². The standard InChI is InChI=1S/C19H27N5O.HI/c1-3-13-25-18-9-8-16(14-23-18)15-24-19(20-4-2)22-12-10-17-7-5-6-11-21-17;/h5-9,11,14H,3-4,10,12-13,15H2,1-2H3,(H2,20,22,24);1H. The zero-order valence-corrected chi connectivity index (χ0v) is 17.8. The second kappa shape index (κ2) is 13.3. The maximum atomic E-state index is 5.49. The molecule has 0 fully saturated rings. The van der Waals surface area contributed by atoms with E-state index in [1.165, 1.54) is 0 Å². The van der Waals surface area contributed by atoms with Crippen LogP contribution in [0.3, 0.4) is 0 Å². The Bertz CT molecular complexity index is 634. The van der Waals surface area contributed by atoms with E-state index in [1.807, 2.05) is 42.7 Å². The number of aliphatic imine (C=N–C) groups is 1. The van der Waals surface area contributed by atoms with Crippen LogP contribution in [0.25, 0.3) is 0 Å². The van der Waals surface area contributed by atoms with E-state index in [-0.39, 0.29) is 24.0 Å². The molecule has 0 atom stereocenters. The van der Waals surface area contributed by atoms with E-state index >= 15 is 0 Å². The highest BCUT2D eigenvalue weighted by molar-refractivity contribution is 14.0. The van der Waals surface area contributed by atoms with Crippen molar-refractivity contribution in [2.24, 2.45) is 4.99 Å². The highest BCUT2D eigenvalue weighted by Gasteiger charge is 2.00. The summed E-state index contributed by atoms with van der Waals surface area (Å²) in [5.74, 6) is 1.46. The minimum Gasteiger partial charge on any atom is -0.478 e. The van der Waals surface area contributed by atoms with Gasteiger partial charge in [0.05, 0.1) is 13.2 Å². The normalized spacial score (nSPS) is 10.8. The van der Waals surface area contributed by atoms with Crippen molar-refractivity contribution >= 4 is 29.9 Å². The predicted octanol–water partition coefficient (Wildman–Crippen LogP) is 3.18. The minimum atomic E-state index is 0. The quantitative estimate of drug-likeness (QED) is 0.336. The van der Waals surface area contributed by atoms with E-state index in [0.29, 0.717) is 19.0 Å². The van der Waals surface area contributed by atoms with Gasteiger partial charge in [-0.2, -0.15) is 0 Å². The molecule has 2 N–H and O–H groups in total. The average molecular weight is 469 g/mol. The average Bonchev–Trinajstić information content (AvgIpc) is 2.66. The zero-order valence-electron chi connectivity index (χ0n) is 15.4. The molecule has 0 unspecified atom stereocenters. The maximum Gasteiger partial charge on any atom is 0.213 e. The monoisotopic (exact) mass is 469 g/mol. The molecule has 6 nitrogen and oxygen atoms in total. The Kier molecular flexibility index (Phi) is 11.3. The van der Waals surface area contributed by atoms with Crippen molar-refractivity contribution in [3.05, 3.63) is 54.0 Å². The van der Waals surface area contributed by atoms with Crippen LogP contribution in [-0.2, 0) is 13.0 Å². The number of halogens is 1. The van der Waals surface area contributed by atoms with Gasteiger partial charge >= 0.3 is 0 Å². The minimum absolute atomic E-state index is 0. The third kappa shape index (κ3) is 8.46. The van der Waals surface area contributed by atoms with Gasteiger partial charge in [0.2, 0.25) is 5.88 Å². The Hall–Kier alpha value is -1.90. The number of aromatic nitrogens is 2. The number of nitrogens with zero attached hydrogens (tertiary/aromatic N) is 3. The first-order valence-electron chi connectivity index (χ1n) is 8.81. The fourth-order valence-electron chi connectivity index (χ4n) is 2.16. The lowest BCUT2D eigenvalue weighted by molar-refractivity contribution is 0.305. The number of rotatable bonds is 9. The molecule has 26 heavy (non-hydrogen) atoms. The number of nitrogens with one attached hydrogen (secondary N) is 2. The summed E-state index contributed by atoms with van der Waals surface area (Å²) in [6, 6.07) is 9.85. The van der Waals surface area contributed by atoms with Crippen molar-refractivity contribution in [1.82, 2.24) is 20.6 Å². The third-order valence-electron chi connectivity index (χ3n) is 3.42. The third-order valence-corrected chi connectivity index (χ3v) is 3.42. The Balaban J connectivity index is 0.00000338. The van der Waals surface area contributed by atoms with Gasteiger partial charge in [-0.25, -0.2) is 9.98 Å². The molecule has 0 saturated carbocycles. The molecular formula is C19H28IN5O. The van der Waals surface area contributed by atoms with Gasteiger partial charge < -0.3 is 15.4 Å². The van der Waals surface area contributed by atoms with E-state index in [1.54, 1.807) is 0 Å². The summed E-state index contributed by atoms with van der Waals surface area (Å²) in [7, 11) is 0. The maximum absolute atomic E-state index is 5.49. The van der Waals surface area contributed by atoms with Gasteiger partial charge in [0.1, 0.15) is 0 Å². The van der Waals surface area contributed by atoms with Crippen molar-refractivity contribution in [2.45, 2.75) is 33.2 Å². The SMILES string of the molecule is CCCOc1ccc(CN=C(NCC)NCCc2ccccn2)cn1.I. The summed E-state index contributed by atoms with van der Waals surface area (Å²) < 4.78 is 5.49. The van der Waals surface area contributed by atoms with Crippen LogP contribution in [0.4, 0.5) is 0 Å². The number of hydrogen-bond acceptors (Lipinski definition) is 4. The van der Waals surface area contributed by atoms with E-state index in [9.17, 15) is 0 Å². The molecule has 0 spiro atoms. The van der Waals surface area contributed by atoms with Crippen molar-refractivity contribution in [3.8, 4) is 5.88 Å². The molecule has 0 aliphatic rings. The largest absolute Gasteiger partial charge is 0.478 e. The fraction of sp³-hybridized carbons (Fsp3) is 0.421. The Morgan fingerprint density at radius 1 is 1.12 bits per heavy atom. The van der Waals surface area contributed by atoms with Gasteiger partial charge in [0.15, 0.2) is 5.96 Å². The number of ether oxygens (including phenoxy) is 1. The molecule has 0 aliphatic carbocycles. The van der Waals surface area contributed by atoms with Crippen LogP contribution >= 0.6 is 24.0 Å². The van der Waals surface area contributed by atoms with Crippen molar-refractivity contribution in [3.63, 3.8) is 0 Å². The molecule has 2 aromatic heterocycles. The number of hydrogen-bond donors (Lipinski definition) is 2. The van der Waals surface area contributed by atoms with Crippen LogP contribution in [0, 0.1) is 0 Å². The first-order chi connectivity index (χ1) is 12.3. The van der Waals surface area contributed by atoms with Crippen molar-refractivity contribution in [2.75, 3.05) is 19.7 Å². The molecule has 2 rings (SSSR count). The molecule has 0 bridgehead atoms.